The number of hydrogen-bond donors (Lipinski definition) is 0. The smallest absolute Gasteiger partial charge is 0.0494 e. The molecule has 0 aliphatic carbocycles. The van der Waals surface area contributed by atoms with Crippen molar-refractivity contribution in [2.24, 2.45) is 0 Å². The van der Waals surface area contributed by atoms with Crippen LogP contribution in [0, 0.1) is 0 Å². The van der Waals surface area contributed by atoms with Gasteiger partial charge in [-0.15, -0.1) is 0 Å². The second-order valence-electron chi connectivity index (χ2n) is 7.47. The van der Waals surface area contributed by atoms with Gasteiger partial charge in [0.15, 0.2) is 0 Å². The van der Waals surface area contributed by atoms with Crippen LogP contribution in [-0.2, 0) is 0 Å². The van der Waals surface area contributed by atoms with E-state index in [9.17, 15) is 0 Å². The van der Waals surface area contributed by atoms with Crippen LogP contribution in [0.3, 0.4) is 0 Å². The van der Waals surface area contributed by atoms with E-state index >= 15 is 0 Å². The lowest BCUT2D eigenvalue weighted by Gasteiger charge is -2.23. The van der Waals surface area contributed by atoms with Crippen molar-refractivity contribution in [1.29, 1.82) is 0 Å². The zero-order valence-corrected chi connectivity index (χ0v) is 15.7. The molecule has 132 valence electrons. The SMILES string of the molecule is CN1c2ccc3ccccc3c2-c2ccccc2-c2c1ccc1ccccc21. The zero-order chi connectivity index (χ0) is 18.7. The molecule has 1 aliphatic heterocycles. The van der Waals surface area contributed by atoms with Gasteiger partial charge in [-0.2, -0.15) is 0 Å². The van der Waals surface area contributed by atoms with Crippen molar-refractivity contribution in [3.63, 3.8) is 0 Å². The van der Waals surface area contributed by atoms with Gasteiger partial charge in [0.25, 0.3) is 0 Å². The van der Waals surface area contributed by atoms with Crippen molar-refractivity contribution in [3.05, 3.63) is 97.1 Å². The predicted molar refractivity (Wildman–Crippen MR) is 120 cm³/mol. The minimum atomic E-state index is 1.25. The van der Waals surface area contributed by atoms with Crippen molar-refractivity contribution >= 4 is 32.9 Å². The van der Waals surface area contributed by atoms with Gasteiger partial charge >= 0.3 is 0 Å². The van der Waals surface area contributed by atoms with Crippen LogP contribution in [0.1, 0.15) is 0 Å². The highest BCUT2D eigenvalue weighted by Crippen LogP contribution is 2.51. The third-order valence-corrected chi connectivity index (χ3v) is 6.00. The van der Waals surface area contributed by atoms with E-state index in [0.29, 0.717) is 0 Å². The molecule has 0 radical (unpaired) electrons. The number of benzene rings is 5. The van der Waals surface area contributed by atoms with E-state index in [4.69, 9.17) is 0 Å². The van der Waals surface area contributed by atoms with Crippen molar-refractivity contribution < 1.29 is 0 Å². The maximum Gasteiger partial charge on any atom is 0.0494 e. The minimum Gasteiger partial charge on any atom is -0.344 e. The summed E-state index contributed by atoms with van der Waals surface area (Å²) in [4.78, 5) is 2.35. The Morgan fingerprint density at radius 1 is 0.464 bits per heavy atom. The standard InChI is InChI=1S/C27H19N/c1-28-24-16-14-18-8-2-4-10-20(18)26(24)22-12-6-7-13-23(22)27-21-11-5-3-9-19(21)15-17-25(27)28/h2-17H,1H3. The summed E-state index contributed by atoms with van der Waals surface area (Å²) < 4.78 is 0. The fraction of sp³-hybridized carbons (Fsp3) is 0.0370. The molecule has 1 nitrogen and oxygen atoms in total. The van der Waals surface area contributed by atoms with Gasteiger partial charge in [0, 0.05) is 29.5 Å². The molecule has 0 aromatic heterocycles. The highest BCUT2D eigenvalue weighted by molar-refractivity contribution is 6.14. The molecule has 28 heavy (non-hydrogen) atoms. The van der Waals surface area contributed by atoms with E-state index in [1.807, 2.05) is 0 Å². The van der Waals surface area contributed by atoms with E-state index in [1.165, 1.54) is 55.2 Å². The van der Waals surface area contributed by atoms with E-state index < -0.39 is 0 Å². The molecule has 5 aromatic carbocycles. The lowest BCUT2D eigenvalue weighted by molar-refractivity contribution is 1.23. The first-order valence-electron chi connectivity index (χ1n) is 9.70. The van der Waals surface area contributed by atoms with E-state index in [0.717, 1.165) is 0 Å². The van der Waals surface area contributed by atoms with Gasteiger partial charge in [-0.25, -0.2) is 0 Å². The molecule has 1 heteroatoms. The van der Waals surface area contributed by atoms with Gasteiger partial charge in [0.1, 0.15) is 0 Å². The van der Waals surface area contributed by atoms with Crippen LogP contribution in [0.5, 0.6) is 0 Å². The van der Waals surface area contributed by atoms with E-state index in [-0.39, 0.29) is 0 Å². The Labute approximate surface area is 164 Å². The van der Waals surface area contributed by atoms with Crippen LogP contribution in [0.2, 0.25) is 0 Å². The Kier molecular flexibility index (Phi) is 3.15. The van der Waals surface area contributed by atoms with Crippen molar-refractivity contribution in [2.75, 3.05) is 11.9 Å². The number of hydrogen-bond acceptors (Lipinski definition) is 1. The molecule has 1 heterocycles. The lowest BCUT2D eigenvalue weighted by atomic mass is 9.89. The van der Waals surface area contributed by atoms with Gasteiger partial charge in [-0.3, -0.25) is 0 Å². The number of rotatable bonds is 0. The first-order chi connectivity index (χ1) is 13.8. The largest absolute Gasteiger partial charge is 0.344 e. The molecule has 0 bridgehead atoms. The maximum atomic E-state index is 2.35. The summed E-state index contributed by atoms with van der Waals surface area (Å²) in [5, 5.41) is 5.16. The lowest BCUT2D eigenvalue weighted by Crippen LogP contribution is -2.10. The van der Waals surface area contributed by atoms with Crippen LogP contribution in [-0.4, -0.2) is 7.05 Å². The van der Waals surface area contributed by atoms with Crippen molar-refractivity contribution in [2.45, 2.75) is 0 Å². The van der Waals surface area contributed by atoms with E-state index in [2.05, 4.69) is 109 Å². The number of nitrogens with zero attached hydrogens (tertiary/aromatic N) is 1. The Morgan fingerprint density at radius 3 is 1.39 bits per heavy atom. The molecule has 0 atom stereocenters. The summed E-state index contributed by atoms with van der Waals surface area (Å²) in [6, 6.07) is 35.2. The fourth-order valence-corrected chi connectivity index (χ4v) is 4.69. The summed E-state index contributed by atoms with van der Waals surface area (Å²) in [5.41, 5.74) is 7.74. The zero-order valence-electron chi connectivity index (χ0n) is 15.7. The van der Waals surface area contributed by atoms with Gasteiger partial charge in [-0.1, -0.05) is 84.9 Å². The Bertz CT molecular complexity index is 1270. The van der Waals surface area contributed by atoms with Gasteiger partial charge in [0.05, 0.1) is 0 Å². The first kappa shape index (κ1) is 15.5. The second-order valence-corrected chi connectivity index (χ2v) is 7.47. The molecule has 0 amide bonds. The molecule has 0 spiro atoms. The third-order valence-electron chi connectivity index (χ3n) is 6.00. The summed E-state index contributed by atoms with van der Waals surface area (Å²) in [6.45, 7) is 0. The van der Waals surface area contributed by atoms with Crippen molar-refractivity contribution in [1.82, 2.24) is 0 Å². The van der Waals surface area contributed by atoms with Gasteiger partial charge in [0.2, 0.25) is 0 Å². The molecule has 5 aromatic rings. The molecule has 0 fully saturated rings. The minimum absolute atomic E-state index is 1.25. The summed E-state index contributed by atoms with van der Waals surface area (Å²) in [7, 11) is 2.19. The Hall–Kier alpha value is -3.58. The highest BCUT2D eigenvalue weighted by atomic mass is 15.1. The Balaban J connectivity index is 1.85. The molecular weight excluding hydrogens is 338 g/mol. The predicted octanol–water partition coefficient (Wildman–Crippen LogP) is 7.41. The average Bonchev–Trinajstić information content (AvgIpc) is 2.87. The van der Waals surface area contributed by atoms with Gasteiger partial charge in [-0.05, 0) is 44.8 Å². The van der Waals surface area contributed by atoms with Crippen molar-refractivity contribution in [3.8, 4) is 22.3 Å². The van der Waals surface area contributed by atoms with Crippen LogP contribution >= 0.6 is 0 Å². The average molecular weight is 357 g/mol. The molecule has 0 N–H and O–H groups in total. The molecular formula is C27H19N. The number of anilines is 2. The second kappa shape index (κ2) is 5.71. The Morgan fingerprint density at radius 2 is 0.893 bits per heavy atom. The molecule has 1 aliphatic rings. The fourth-order valence-electron chi connectivity index (χ4n) is 4.69. The topological polar surface area (TPSA) is 3.24 Å². The summed E-state index contributed by atoms with van der Waals surface area (Å²) >= 11 is 0. The first-order valence-corrected chi connectivity index (χ1v) is 9.70. The maximum absolute atomic E-state index is 2.35. The van der Waals surface area contributed by atoms with Gasteiger partial charge < -0.3 is 4.90 Å². The van der Waals surface area contributed by atoms with E-state index in [1.54, 1.807) is 0 Å². The van der Waals surface area contributed by atoms with Crippen LogP contribution < -0.4 is 4.90 Å². The van der Waals surface area contributed by atoms with Crippen LogP contribution in [0.15, 0.2) is 97.1 Å². The molecule has 0 saturated heterocycles. The summed E-state index contributed by atoms with van der Waals surface area (Å²) in [6.07, 6.45) is 0. The highest BCUT2D eigenvalue weighted by Gasteiger charge is 2.25. The third kappa shape index (κ3) is 2.02. The summed E-state index contributed by atoms with van der Waals surface area (Å²) in [5.74, 6) is 0. The van der Waals surface area contributed by atoms with Crippen LogP contribution in [0.25, 0.3) is 43.8 Å². The van der Waals surface area contributed by atoms with Crippen LogP contribution in [0.4, 0.5) is 11.4 Å². The quantitative estimate of drug-likeness (QED) is 0.279. The molecule has 0 saturated carbocycles. The number of fused-ring (bicyclic) bond motifs is 9. The monoisotopic (exact) mass is 357 g/mol. The normalized spacial score (nSPS) is 12.4. The molecule has 6 rings (SSSR count). The molecule has 0 unspecified atom stereocenters.